The number of unbranched alkanes of at least 4 members (excludes halogenated alkanes) is 5. The number of rotatable bonds is 23. The van der Waals surface area contributed by atoms with Crippen LogP contribution in [-0.4, -0.2) is 36.2 Å². The van der Waals surface area contributed by atoms with Gasteiger partial charge in [-0.25, -0.2) is 0 Å². The first-order valence-corrected chi connectivity index (χ1v) is 21.8. The standard InChI is InChI=1S/C52H58N4S2/c57-49(37-41-55-51(43-25-11-5-12-26-43,44-27-13-6-14-28-44)45-29-15-7-16-30-45)53-39-23-3-1-2-4-24-40-54-50(58)38-42-56-52(46-31-17-8-18-32-46,47-33-19-9-20-34-47)48-35-21-10-22-36-48/h5-22,25-36,55-56H,1-4,23-24,37-42H2,(H,53,57)(H,54,58). The van der Waals surface area contributed by atoms with Crippen molar-refractivity contribution in [2.75, 3.05) is 26.2 Å². The summed E-state index contributed by atoms with van der Waals surface area (Å²) in [5, 5.41) is 14.9. The summed E-state index contributed by atoms with van der Waals surface area (Å²) in [5.74, 6) is 0. The quantitative estimate of drug-likeness (QED) is 0.0294. The van der Waals surface area contributed by atoms with Crippen molar-refractivity contribution in [3.63, 3.8) is 0 Å². The van der Waals surface area contributed by atoms with Gasteiger partial charge in [-0.3, -0.25) is 10.6 Å². The van der Waals surface area contributed by atoms with E-state index in [1.165, 1.54) is 59.1 Å². The smallest absolute Gasteiger partial charge is 0.0948 e. The van der Waals surface area contributed by atoms with Crippen LogP contribution in [0.2, 0.25) is 0 Å². The molecule has 6 heteroatoms. The summed E-state index contributed by atoms with van der Waals surface area (Å²) < 4.78 is 0. The molecular weight excluding hydrogens is 745 g/mol. The summed E-state index contributed by atoms with van der Waals surface area (Å²) in [6.45, 7) is 3.36. The van der Waals surface area contributed by atoms with E-state index >= 15 is 0 Å². The molecule has 6 aromatic carbocycles. The van der Waals surface area contributed by atoms with Gasteiger partial charge in [0.1, 0.15) is 0 Å². The van der Waals surface area contributed by atoms with Gasteiger partial charge in [0.2, 0.25) is 0 Å². The topological polar surface area (TPSA) is 48.1 Å². The molecule has 0 aliphatic heterocycles. The minimum atomic E-state index is -0.475. The van der Waals surface area contributed by atoms with E-state index < -0.39 is 11.1 Å². The number of nitrogens with one attached hydrogen (secondary N) is 4. The Kier molecular flexibility index (Phi) is 16.8. The third-order valence-corrected chi connectivity index (χ3v) is 11.7. The van der Waals surface area contributed by atoms with Crippen molar-refractivity contribution < 1.29 is 0 Å². The van der Waals surface area contributed by atoms with E-state index in [9.17, 15) is 0 Å². The summed E-state index contributed by atoms with van der Waals surface area (Å²) in [7, 11) is 0. The lowest BCUT2D eigenvalue weighted by atomic mass is 9.77. The number of benzene rings is 6. The fraction of sp³-hybridized carbons (Fsp3) is 0.269. The molecule has 0 amide bonds. The predicted octanol–water partition coefficient (Wildman–Crippen LogP) is 11.1. The second-order valence-electron chi connectivity index (χ2n) is 14.9. The monoisotopic (exact) mass is 802 g/mol. The minimum absolute atomic E-state index is 0.475. The molecule has 0 aromatic heterocycles. The summed E-state index contributed by atoms with van der Waals surface area (Å²) in [4.78, 5) is 1.83. The zero-order chi connectivity index (χ0) is 40.1. The molecule has 6 rings (SSSR count). The summed E-state index contributed by atoms with van der Waals surface area (Å²) in [6, 6.07) is 64.4. The Morgan fingerprint density at radius 2 is 0.534 bits per heavy atom. The molecule has 0 radical (unpaired) electrons. The van der Waals surface area contributed by atoms with Gasteiger partial charge in [0, 0.05) is 39.0 Å². The van der Waals surface area contributed by atoms with E-state index in [1.807, 2.05) is 0 Å². The molecule has 0 heterocycles. The van der Waals surface area contributed by atoms with Crippen molar-refractivity contribution in [2.24, 2.45) is 0 Å². The van der Waals surface area contributed by atoms with Crippen LogP contribution in [0.15, 0.2) is 182 Å². The van der Waals surface area contributed by atoms with Gasteiger partial charge in [0.15, 0.2) is 0 Å². The third kappa shape index (κ3) is 11.4. The van der Waals surface area contributed by atoms with E-state index in [2.05, 4.69) is 203 Å². The predicted molar refractivity (Wildman–Crippen MR) is 253 cm³/mol. The molecule has 4 nitrogen and oxygen atoms in total. The van der Waals surface area contributed by atoms with Crippen molar-refractivity contribution in [1.29, 1.82) is 0 Å². The molecule has 0 saturated heterocycles. The van der Waals surface area contributed by atoms with Gasteiger partial charge in [-0.2, -0.15) is 0 Å². The van der Waals surface area contributed by atoms with E-state index in [0.29, 0.717) is 0 Å². The van der Waals surface area contributed by atoms with Crippen molar-refractivity contribution in [3.8, 4) is 0 Å². The Balaban J connectivity index is 0.872. The SMILES string of the molecule is S=C(CCNC(c1ccccc1)(c1ccccc1)c1ccccc1)NCCCCCCCCNC(=S)CCNC(c1ccccc1)(c1ccccc1)c1ccccc1. The molecule has 0 aliphatic carbocycles. The van der Waals surface area contributed by atoms with Crippen molar-refractivity contribution in [2.45, 2.75) is 62.4 Å². The first-order valence-electron chi connectivity index (χ1n) is 21.0. The molecule has 298 valence electrons. The van der Waals surface area contributed by atoms with Gasteiger partial charge in [-0.15, -0.1) is 0 Å². The van der Waals surface area contributed by atoms with E-state index in [4.69, 9.17) is 24.4 Å². The molecule has 0 aliphatic rings. The van der Waals surface area contributed by atoms with Gasteiger partial charge >= 0.3 is 0 Å². The average Bonchev–Trinajstić information content (AvgIpc) is 3.29. The Bertz CT molecular complexity index is 1720. The Morgan fingerprint density at radius 1 is 0.310 bits per heavy atom. The van der Waals surface area contributed by atoms with Crippen LogP contribution in [0, 0.1) is 0 Å². The van der Waals surface area contributed by atoms with Crippen molar-refractivity contribution >= 4 is 34.4 Å². The molecule has 0 unspecified atom stereocenters. The molecular formula is C52H58N4S2. The highest BCUT2D eigenvalue weighted by Gasteiger charge is 2.36. The molecule has 6 aromatic rings. The fourth-order valence-corrected chi connectivity index (χ4v) is 8.47. The van der Waals surface area contributed by atoms with Crippen LogP contribution in [0.3, 0.4) is 0 Å². The number of thiocarbonyl (C=S) groups is 2. The maximum atomic E-state index is 5.80. The highest BCUT2D eigenvalue weighted by Crippen LogP contribution is 2.38. The van der Waals surface area contributed by atoms with Gasteiger partial charge in [-0.05, 0) is 46.2 Å². The van der Waals surface area contributed by atoms with Crippen LogP contribution in [-0.2, 0) is 11.1 Å². The zero-order valence-corrected chi connectivity index (χ0v) is 35.3. The normalized spacial score (nSPS) is 11.5. The summed E-state index contributed by atoms with van der Waals surface area (Å²) in [6.07, 6.45) is 8.69. The Hall–Kier alpha value is -4.98. The van der Waals surface area contributed by atoms with E-state index in [1.54, 1.807) is 0 Å². The molecule has 0 spiro atoms. The molecule has 0 fully saturated rings. The second kappa shape index (κ2) is 22.8. The van der Waals surface area contributed by atoms with Crippen LogP contribution in [0.1, 0.15) is 84.7 Å². The number of hydrogen-bond donors (Lipinski definition) is 4. The minimum Gasteiger partial charge on any atom is -0.380 e. The molecule has 0 saturated carbocycles. The van der Waals surface area contributed by atoms with Gasteiger partial charge in [-0.1, -0.05) is 232 Å². The van der Waals surface area contributed by atoms with Gasteiger partial charge in [0.25, 0.3) is 0 Å². The number of hydrogen-bond acceptors (Lipinski definition) is 4. The Labute approximate surface area is 357 Å². The molecule has 58 heavy (non-hydrogen) atoms. The van der Waals surface area contributed by atoms with Crippen molar-refractivity contribution in [3.05, 3.63) is 215 Å². The highest BCUT2D eigenvalue weighted by atomic mass is 32.1. The molecule has 0 atom stereocenters. The summed E-state index contributed by atoms with van der Waals surface area (Å²) >= 11 is 11.6. The fourth-order valence-electron chi connectivity index (χ4n) is 8.06. The largest absolute Gasteiger partial charge is 0.380 e. The van der Waals surface area contributed by atoms with E-state index in [0.717, 1.165) is 61.8 Å². The molecule has 0 bridgehead atoms. The Morgan fingerprint density at radius 3 is 0.776 bits per heavy atom. The average molecular weight is 803 g/mol. The first kappa shape index (κ1) is 42.6. The zero-order valence-electron chi connectivity index (χ0n) is 33.6. The van der Waals surface area contributed by atoms with Crippen LogP contribution < -0.4 is 21.3 Å². The van der Waals surface area contributed by atoms with E-state index in [-0.39, 0.29) is 0 Å². The lowest BCUT2D eigenvalue weighted by Crippen LogP contribution is -2.45. The first-order chi connectivity index (χ1) is 28.6. The molecule has 4 N–H and O–H groups in total. The third-order valence-electron chi connectivity index (χ3n) is 11.0. The highest BCUT2D eigenvalue weighted by molar-refractivity contribution is 7.80. The summed E-state index contributed by atoms with van der Waals surface area (Å²) in [5.41, 5.74) is 6.33. The van der Waals surface area contributed by atoms with Crippen LogP contribution in [0.5, 0.6) is 0 Å². The van der Waals surface area contributed by atoms with Gasteiger partial charge < -0.3 is 10.6 Å². The lowest BCUT2D eigenvalue weighted by molar-refractivity contribution is 0.480. The van der Waals surface area contributed by atoms with Crippen LogP contribution in [0.4, 0.5) is 0 Å². The van der Waals surface area contributed by atoms with Crippen LogP contribution in [0.25, 0.3) is 0 Å². The maximum absolute atomic E-state index is 5.80. The maximum Gasteiger partial charge on any atom is 0.0948 e. The van der Waals surface area contributed by atoms with Crippen LogP contribution >= 0.6 is 24.4 Å². The van der Waals surface area contributed by atoms with Crippen molar-refractivity contribution in [1.82, 2.24) is 21.3 Å². The second-order valence-corrected chi connectivity index (χ2v) is 15.9. The van der Waals surface area contributed by atoms with Gasteiger partial charge in [0.05, 0.1) is 21.1 Å². The lowest BCUT2D eigenvalue weighted by Gasteiger charge is -2.37.